The fraction of sp³-hybridized carbons (Fsp3) is 0. The SMILES string of the molecule is Nc1cc(Cl)c(S(N)(=O)=O)c(Cl)c1. The number of primary sulfonamides is 1. The molecule has 1 rings (SSSR count). The Bertz CT molecular complexity index is 421. The Morgan fingerprint density at radius 1 is 1.15 bits per heavy atom. The normalized spacial score (nSPS) is 11.6. The van der Waals surface area contributed by atoms with E-state index in [0.717, 1.165) is 0 Å². The van der Waals surface area contributed by atoms with E-state index in [1.807, 2.05) is 0 Å². The van der Waals surface area contributed by atoms with E-state index < -0.39 is 10.0 Å². The van der Waals surface area contributed by atoms with Crippen LogP contribution in [0.1, 0.15) is 0 Å². The van der Waals surface area contributed by atoms with Gasteiger partial charge in [0.1, 0.15) is 4.90 Å². The number of nitrogen functional groups attached to an aromatic ring is 1. The molecule has 0 bridgehead atoms. The summed E-state index contributed by atoms with van der Waals surface area (Å²) in [6.45, 7) is 0. The first-order valence-electron chi connectivity index (χ1n) is 3.09. The van der Waals surface area contributed by atoms with E-state index in [2.05, 4.69) is 0 Å². The molecular weight excluding hydrogens is 235 g/mol. The molecule has 1 aromatic carbocycles. The zero-order valence-corrected chi connectivity index (χ0v) is 8.62. The molecule has 72 valence electrons. The van der Waals surface area contributed by atoms with Gasteiger partial charge in [0.2, 0.25) is 10.0 Å². The predicted molar refractivity (Wildman–Crippen MR) is 52.2 cm³/mol. The molecular formula is C6H6Cl2N2O2S. The van der Waals surface area contributed by atoms with Crippen LogP contribution < -0.4 is 10.9 Å². The molecule has 0 atom stereocenters. The van der Waals surface area contributed by atoms with Crippen LogP contribution >= 0.6 is 23.2 Å². The maximum absolute atomic E-state index is 11.0. The van der Waals surface area contributed by atoms with Gasteiger partial charge in [-0.1, -0.05) is 23.2 Å². The molecule has 0 saturated carbocycles. The minimum Gasteiger partial charge on any atom is -0.399 e. The maximum Gasteiger partial charge on any atom is 0.241 e. The van der Waals surface area contributed by atoms with E-state index in [1.54, 1.807) is 0 Å². The standard InChI is InChI=1S/C6H6Cl2N2O2S/c7-4-1-3(9)2-5(8)6(4)13(10,11)12/h1-2H,9H2,(H2,10,11,12). The van der Waals surface area contributed by atoms with Gasteiger partial charge in [0.15, 0.2) is 0 Å². The monoisotopic (exact) mass is 240 g/mol. The van der Waals surface area contributed by atoms with Crippen molar-refractivity contribution in [1.82, 2.24) is 0 Å². The zero-order valence-electron chi connectivity index (χ0n) is 6.29. The van der Waals surface area contributed by atoms with Crippen molar-refractivity contribution >= 4 is 38.9 Å². The molecule has 0 saturated heterocycles. The summed E-state index contributed by atoms with van der Waals surface area (Å²) in [4.78, 5) is -0.301. The Kier molecular flexibility index (Phi) is 2.72. The van der Waals surface area contributed by atoms with Crippen LogP contribution in [0.25, 0.3) is 0 Å². The van der Waals surface area contributed by atoms with Crippen molar-refractivity contribution in [2.24, 2.45) is 5.14 Å². The number of anilines is 1. The smallest absolute Gasteiger partial charge is 0.241 e. The van der Waals surface area contributed by atoms with Gasteiger partial charge in [-0.15, -0.1) is 0 Å². The van der Waals surface area contributed by atoms with Crippen molar-refractivity contribution in [3.63, 3.8) is 0 Å². The average Bonchev–Trinajstić information content (AvgIpc) is 1.78. The number of sulfonamides is 1. The van der Waals surface area contributed by atoms with E-state index in [9.17, 15) is 8.42 Å². The van der Waals surface area contributed by atoms with Crippen LogP contribution in [0.15, 0.2) is 17.0 Å². The third-order valence-corrected chi connectivity index (χ3v) is 3.13. The molecule has 0 amide bonds. The van der Waals surface area contributed by atoms with Gasteiger partial charge < -0.3 is 5.73 Å². The molecule has 0 heterocycles. The lowest BCUT2D eigenvalue weighted by atomic mass is 10.3. The highest BCUT2D eigenvalue weighted by Gasteiger charge is 2.17. The van der Waals surface area contributed by atoms with Crippen molar-refractivity contribution < 1.29 is 8.42 Å². The average molecular weight is 241 g/mol. The largest absolute Gasteiger partial charge is 0.399 e. The van der Waals surface area contributed by atoms with E-state index >= 15 is 0 Å². The van der Waals surface area contributed by atoms with Crippen molar-refractivity contribution in [2.45, 2.75) is 4.90 Å². The zero-order chi connectivity index (χ0) is 10.2. The minimum absolute atomic E-state index is 0.0764. The van der Waals surface area contributed by atoms with Gasteiger partial charge in [-0.2, -0.15) is 0 Å². The van der Waals surface area contributed by atoms with Gasteiger partial charge in [0, 0.05) is 5.69 Å². The lowest BCUT2D eigenvalue weighted by molar-refractivity contribution is 0.598. The molecule has 0 radical (unpaired) electrons. The number of hydrogen-bond donors (Lipinski definition) is 2. The van der Waals surface area contributed by atoms with E-state index in [1.165, 1.54) is 12.1 Å². The number of benzene rings is 1. The molecule has 0 fully saturated rings. The summed E-state index contributed by atoms with van der Waals surface area (Å²) in [6.07, 6.45) is 0. The Balaban J connectivity index is 3.57. The second-order valence-corrected chi connectivity index (χ2v) is 4.67. The van der Waals surface area contributed by atoms with E-state index in [0.29, 0.717) is 0 Å². The van der Waals surface area contributed by atoms with Crippen molar-refractivity contribution in [2.75, 3.05) is 5.73 Å². The van der Waals surface area contributed by atoms with Crippen molar-refractivity contribution in [3.05, 3.63) is 22.2 Å². The molecule has 0 spiro atoms. The van der Waals surface area contributed by atoms with Gasteiger partial charge in [0.05, 0.1) is 10.0 Å². The van der Waals surface area contributed by atoms with Crippen LogP contribution in [0.3, 0.4) is 0 Å². The molecule has 0 aromatic heterocycles. The fourth-order valence-corrected chi connectivity index (χ4v) is 2.66. The summed E-state index contributed by atoms with van der Waals surface area (Å²) in [5.74, 6) is 0. The first-order chi connectivity index (χ1) is 5.82. The topological polar surface area (TPSA) is 86.2 Å². The summed E-state index contributed by atoms with van der Waals surface area (Å²) >= 11 is 11.2. The quantitative estimate of drug-likeness (QED) is 0.725. The van der Waals surface area contributed by atoms with Gasteiger partial charge in [-0.3, -0.25) is 0 Å². The Hall–Kier alpha value is -0.490. The van der Waals surface area contributed by atoms with Crippen LogP contribution in [0.5, 0.6) is 0 Å². The van der Waals surface area contributed by atoms with E-state index in [-0.39, 0.29) is 20.6 Å². The third kappa shape index (κ3) is 2.25. The van der Waals surface area contributed by atoms with Gasteiger partial charge >= 0.3 is 0 Å². The Labute approximate surface area is 85.5 Å². The first-order valence-corrected chi connectivity index (χ1v) is 5.40. The molecule has 4 nitrogen and oxygen atoms in total. The second kappa shape index (κ2) is 3.34. The molecule has 0 aliphatic carbocycles. The maximum atomic E-state index is 11.0. The second-order valence-electron chi connectivity index (χ2n) is 2.36. The van der Waals surface area contributed by atoms with Crippen molar-refractivity contribution in [1.29, 1.82) is 0 Å². The van der Waals surface area contributed by atoms with Gasteiger partial charge in [-0.25, -0.2) is 13.6 Å². The molecule has 7 heteroatoms. The number of halogens is 2. The highest BCUT2D eigenvalue weighted by molar-refractivity contribution is 7.89. The summed E-state index contributed by atoms with van der Waals surface area (Å²) in [5, 5.41) is 4.72. The van der Waals surface area contributed by atoms with Crippen LogP contribution in [0, 0.1) is 0 Å². The van der Waals surface area contributed by atoms with Crippen LogP contribution in [0.2, 0.25) is 10.0 Å². The van der Waals surface area contributed by atoms with Crippen LogP contribution in [-0.4, -0.2) is 8.42 Å². The predicted octanol–water partition coefficient (Wildman–Crippen LogP) is 1.22. The van der Waals surface area contributed by atoms with Gasteiger partial charge in [0.25, 0.3) is 0 Å². The van der Waals surface area contributed by atoms with Gasteiger partial charge in [-0.05, 0) is 12.1 Å². The Morgan fingerprint density at radius 2 is 1.54 bits per heavy atom. The number of hydrogen-bond acceptors (Lipinski definition) is 3. The fourth-order valence-electron chi connectivity index (χ4n) is 0.851. The highest BCUT2D eigenvalue weighted by atomic mass is 35.5. The molecule has 13 heavy (non-hydrogen) atoms. The van der Waals surface area contributed by atoms with Crippen molar-refractivity contribution in [3.8, 4) is 0 Å². The number of rotatable bonds is 1. The molecule has 0 aliphatic heterocycles. The Morgan fingerprint density at radius 3 is 1.85 bits per heavy atom. The van der Waals surface area contributed by atoms with E-state index in [4.69, 9.17) is 34.1 Å². The summed E-state index contributed by atoms with van der Waals surface area (Å²) in [6, 6.07) is 2.54. The molecule has 4 N–H and O–H groups in total. The van der Waals surface area contributed by atoms with Crippen LogP contribution in [0.4, 0.5) is 5.69 Å². The molecule has 1 aromatic rings. The lowest BCUT2D eigenvalue weighted by Gasteiger charge is -2.04. The molecule has 0 aliphatic rings. The summed E-state index contributed by atoms with van der Waals surface area (Å²) in [7, 11) is -3.90. The summed E-state index contributed by atoms with van der Waals surface area (Å²) < 4.78 is 21.9. The minimum atomic E-state index is -3.90. The highest BCUT2D eigenvalue weighted by Crippen LogP contribution is 2.30. The van der Waals surface area contributed by atoms with Crippen LogP contribution in [-0.2, 0) is 10.0 Å². The molecule has 0 unspecified atom stereocenters. The summed E-state index contributed by atoms with van der Waals surface area (Å²) in [5.41, 5.74) is 5.65. The number of nitrogens with two attached hydrogens (primary N) is 2. The lowest BCUT2D eigenvalue weighted by Crippen LogP contribution is -2.13. The third-order valence-electron chi connectivity index (χ3n) is 1.31. The first kappa shape index (κ1) is 10.6.